The number of nitrogens with zero attached hydrogens (tertiary/aromatic N) is 1. The molecule has 1 atom stereocenters. The van der Waals surface area contributed by atoms with Gasteiger partial charge in [0.1, 0.15) is 0 Å². The molecule has 5 heteroatoms. The van der Waals surface area contributed by atoms with Crippen molar-refractivity contribution in [2.45, 2.75) is 25.3 Å². The van der Waals surface area contributed by atoms with Crippen molar-refractivity contribution < 1.29 is 8.42 Å². The summed E-state index contributed by atoms with van der Waals surface area (Å²) in [7, 11) is -3.00. The Hall–Kier alpha value is 0.200. The Bertz CT molecular complexity index is 240. The Balaban J connectivity index is 2.64. The molecule has 0 N–H and O–H groups in total. The molecule has 0 aromatic rings. The summed E-state index contributed by atoms with van der Waals surface area (Å²) in [5.74, 6) is 0.538. The van der Waals surface area contributed by atoms with Crippen LogP contribution >= 0.6 is 11.6 Å². The van der Waals surface area contributed by atoms with Crippen molar-refractivity contribution in [1.29, 1.82) is 0 Å². The van der Waals surface area contributed by atoms with Crippen molar-refractivity contribution in [3.8, 4) is 0 Å². The first-order valence-corrected chi connectivity index (χ1v) is 6.47. The number of alkyl halides is 1. The van der Waals surface area contributed by atoms with Crippen LogP contribution in [-0.2, 0) is 10.0 Å². The molecule has 0 aromatic carbocycles. The van der Waals surface area contributed by atoms with E-state index in [1.54, 1.807) is 4.31 Å². The van der Waals surface area contributed by atoms with Gasteiger partial charge in [-0.2, -0.15) is 4.31 Å². The molecule has 72 valence electrons. The molecular formula is C7H14ClNO2S. The van der Waals surface area contributed by atoms with Gasteiger partial charge in [-0.25, -0.2) is 8.42 Å². The van der Waals surface area contributed by atoms with Gasteiger partial charge in [0.25, 0.3) is 0 Å². The third-order valence-corrected chi connectivity index (χ3v) is 3.74. The van der Waals surface area contributed by atoms with Gasteiger partial charge in [-0.05, 0) is 19.3 Å². The minimum atomic E-state index is -3.00. The number of sulfonamides is 1. The van der Waals surface area contributed by atoms with Crippen molar-refractivity contribution in [2.75, 3.05) is 18.7 Å². The fourth-order valence-corrected chi connectivity index (χ4v) is 3.13. The maximum Gasteiger partial charge on any atom is 0.211 e. The van der Waals surface area contributed by atoms with Gasteiger partial charge in [0.2, 0.25) is 10.0 Å². The summed E-state index contributed by atoms with van der Waals surface area (Å²) in [6.07, 6.45) is 3.96. The molecule has 1 unspecified atom stereocenters. The second kappa shape index (κ2) is 3.94. The van der Waals surface area contributed by atoms with E-state index in [2.05, 4.69) is 0 Å². The molecule has 0 aliphatic carbocycles. The van der Waals surface area contributed by atoms with Crippen LogP contribution in [0.3, 0.4) is 0 Å². The Labute approximate surface area is 78.7 Å². The summed E-state index contributed by atoms with van der Waals surface area (Å²) in [5.41, 5.74) is 0. The van der Waals surface area contributed by atoms with Crippen molar-refractivity contribution in [3.05, 3.63) is 0 Å². The molecule has 1 aliphatic heterocycles. The van der Waals surface area contributed by atoms with Crippen molar-refractivity contribution in [2.24, 2.45) is 0 Å². The summed E-state index contributed by atoms with van der Waals surface area (Å²) in [6, 6.07) is 0.150. The van der Waals surface area contributed by atoms with Gasteiger partial charge in [-0.3, -0.25) is 0 Å². The van der Waals surface area contributed by atoms with Crippen LogP contribution < -0.4 is 0 Å². The molecule has 1 rings (SSSR count). The fraction of sp³-hybridized carbons (Fsp3) is 1.00. The molecule has 1 aliphatic rings. The minimum Gasteiger partial charge on any atom is -0.212 e. The smallest absolute Gasteiger partial charge is 0.211 e. The van der Waals surface area contributed by atoms with E-state index in [4.69, 9.17) is 11.6 Å². The van der Waals surface area contributed by atoms with Gasteiger partial charge in [-0.1, -0.05) is 0 Å². The van der Waals surface area contributed by atoms with Gasteiger partial charge in [0, 0.05) is 18.5 Å². The van der Waals surface area contributed by atoms with Crippen LogP contribution in [-0.4, -0.2) is 37.4 Å². The summed E-state index contributed by atoms with van der Waals surface area (Å²) in [4.78, 5) is 0. The molecule has 0 saturated carbocycles. The molecule has 1 fully saturated rings. The maximum absolute atomic E-state index is 11.2. The Morgan fingerprint density at radius 2 is 2.25 bits per heavy atom. The summed E-state index contributed by atoms with van der Waals surface area (Å²) in [5, 5.41) is 0. The standard InChI is InChI=1S/C7H14ClNO2S/c1-12(10,11)9-6-2-3-7(9)4-5-8/h7H,2-6H2,1H3. The van der Waals surface area contributed by atoms with Gasteiger partial charge in [-0.15, -0.1) is 11.6 Å². The lowest BCUT2D eigenvalue weighted by atomic mass is 10.2. The number of halogens is 1. The second-order valence-corrected chi connectivity index (χ2v) is 5.46. The first kappa shape index (κ1) is 10.3. The first-order valence-electron chi connectivity index (χ1n) is 4.08. The summed E-state index contributed by atoms with van der Waals surface area (Å²) < 4.78 is 24.0. The van der Waals surface area contributed by atoms with Crippen LogP contribution in [0.25, 0.3) is 0 Å². The predicted molar refractivity (Wildman–Crippen MR) is 49.9 cm³/mol. The minimum absolute atomic E-state index is 0.150. The van der Waals surface area contributed by atoms with Crippen molar-refractivity contribution in [3.63, 3.8) is 0 Å². The average molecular weight is 212 g/mol. The van der Waals surface area contributed by atoms with Gasteiger partial charge < -0.3 is 0 Å². The van der Waals surface area contributed by atoms with Crippen LogP contribution in [0.4, 0.5) is 0 Å². The molecule has 12 heavy (non-hydrogen) atoms. The zero-order chi connectivity index (χ0) is 9.19. The normalized spacial score (nSPS) is 26.3. The second-order valence-electron chi connectivity index (χ2n) is 3.15. The first-order chi connectivity index (χ1) is 5.55. The lowest BCUT2D eigenvalue weighted by molar-refractivity contribution is 0.384. The van der Waals surface area contributed by atoms with E-state index >= 15 is 0 Å². The highest BCUT2D eigenvalue weighted by Gasteiger charge is 2.30. The molecule has 0 bridgehead atoms. The largest absolute Gasteiger partial charge is 0.212 e. The Morgan fingerprint density at radius 1 is 1.58 bits per heavy atom. The highest BCUT2D eigenvalue weighted by atomic mass is 35.5. The van der Waals surface area contributed by atoms with E-state index < -0.39 is 10.0 Å². The van der Waals surface area contributed by atoms with E-state index in [0.717, 1.165) is 19.3 Å². The van der Waals surface area contributed by atoms with Crippen molar-refractivity contribution >= 4 is 21.6 Å². The van der Waals surface area contributed by atoms with E-state index in [-0.39, 0.29) is 6.04 Å². The van der Waals surface area contributed by atoms with Gasteiger partial charge in [0.15, 0.2) is 0 Å². The third kappa shape index (κ3) is 2.34. The molecule has 3 nitrogen and oxygen atoms in total. The molecular weight excluding hydrogens is 198 g/mol. The van der Waals surface area contributed by atoms with Crippen LogP contribution in [0.5, 0.6) is 0 Å². The number of hydrogen-bond donors (Lipinski definition) is 0. The molecule has 0 spiro atoms. The molecule has 0 amide bonds. The number of hydrogen-bond acceptors (Lipinski definition) is 2. The van der Waals surface area contributed by atoms with Crippen LogP contribution in [0.15, 0.2) is 0 Å². The summed E-state index contributed by atoms with van der Waals surface area (Å²) >= 11 is 5.58. The van der Waals surface area contributed by atoms with Gasteiger partial charge >= 0.3 is 0 Å². The lowest BCUT2D eigenvalue weighted by Crippen LogP contribution is -2.34. The highest BCUT2D eigenvalue weighted by molar-refractivity contribution is 7.88. The van der Waals surface area contributed by atoms with E-state index in [9.17, 15) is 8.42 Å². The lowest BCUT2D eigenvalue weighted by Gasteiger charge is -2.20. The monoisotopic (exact) mass is 211 g/mol. The summed E-state index contributed by atoms with van der Waals surface area (Å²) in [6.45, 7) is 0.667. The molecule has 0 radical (unpaired) electrons. The topological polar surface area (TPSA) is 37.4 Å². The quantitative estimate of drug-likeness (QED) is 0.655. The van der Waals surface area contributed by atoms with Crippen LogP contribution in [0.1, 0.15) is 19.3 Å². The van der Waals surface area contributed by atoms with E-state index in [1.165, 1.54) is 6.26 Å². The zero-order valence-electron chi connectivity index (χ0n) is 7.16. The predicted octanol–water partition coefficient (Wildman–Crippen LogP) is 1.04. The molecule has 0 aromatic heterocycles. The Kier molecular flexibility index (Phi) is 3.37. The fourth-order valence-electron chi connectivity index (χ4n) is 1.66. The van der Waals surface area contributed by atoms with Crippen molar-refractivity contribution in [1.82, 2.24) is 4.31 Å². The van der Waals surface area contributed by atoms with E-state index in [0.29, 0.717) is 12.4 Å². The maximum atomic E-state index is 11.2. The zero-order valence-corrected chi connectivity index (χ0v) is 8.74. The number of rotatable bonds is 3. The third-order valence-electron chi connectivity index (χ3n) is 2.19. The molecule has 1 heterocycles. The molecule has 1 saturated heterocycles. The van der Waals surface area contributed by atoms with Gasteiger partial charge in [0.05, 0.1) is 6.26 Å². The highest BCUT2D eigenvalue weighted by Crippen LogP contribution is 2.22. The SMILES string of the molecule is CS(=O)(=O)N1CCCC1CCCl. The Morgan fingerprint density at radius 3 is 2.75 bits per heavy atom. The van der Waals surface area contributed by atoms with Crippen LogP contribution in [0, 0.1) is 0 Å². The van der Waals surface area contributed by atoms with E-state index in [1.807, 2.05) is 0 Å². The average Bonchev–Trinajstić information content (AvgIpc) is 2.34. The van der Waals surface area contributed by atoms with Crippen LogP contribution in [0.2, 0.25) is 0 Å².